The molecule has 126 valence electrons. The van der Waals surface area contributed by atoms with Crippen molar-refractivity contribution in [2.75, 3.05) is 5.32 Å². The first-order chi connectivity index (χ1) is 11.3. The molecule has 1 heterocycles. The highest BCUT2D eigenvalue weighted by molar-refractivity contribution is 6.03. The number of aromatic nitrogens is 3. The second-order valence-electron chi connectivity index (χ2n) is 4.49. The summed E-state index contributed by atoms with van der Waals surface area (Å²) in [4.78, 5) is 34.0. The molecule has 0 atom stereocenters. The van der Waals surface area contributed by atoms with Crippen LogP contribution < -0.4 is 5.32 Å². The number of anilines is 1. The lowest BCUT2D eigenvalue weighted by atomic mass is 10.3. The van der Waals surface area contributed by atoms with Crippen LogP contribution in [-0.4, -0.2) is 37.9 Å². The van der Waals surface area contributed by atoms with Gasteiger partial charge in [0.2, 0.25) is 5.69 Å². The van der Waals surface area contributed by atoms with Gasteiger partial charge in [0.25, 0.3) is 17.8 Å². The summed E-state index contributed by atoms with van der Waals surface area (Å²) < 4.78 is 39.8. The number of aliphatic carboxylic acids is 1. The predicted octanol–water partition coefficient (Wildman–Crippen LogP) is 1.45. The molecule has 2 aromatic rings. The van der Waals surface area contributed by atoms with E-state index in [-0.39, 0.29) is 4.80 Å². The fourth-order valence-corrected chi connectivity index (χ4v) is 1.63. The molecule has 0 aliphatic carbocycles. The highest BCUT2D eigenvalue weighted by Crippen LogP contribution is 2.16. The first-order valence-electron chi connectivity index (χ1n) is 6.42. The van der Waals surface area contributed by atoms with Gasteiger partial charge in [-0.05, 0) is 12.1 Å². The number of carbonyl (C=O) groups is 3. The molecular formula is C13H9F3N4O4. The Morgan fingerprint density at radius 1 is 1.12 bits per heavy atom. The summed E-state index contributed by atoms with van der Waals surface area (Å²) in [7, 11) is 0. The van der Waals surface area contributed by atoms with Gasteiger partial charge in [-0.3, -0.25) is 14.4 Å². The van der Waals surface area contributed by atoms with Gasteiger partial charge in [-0.15, -0.1) is 15.0 Å². The van der Waals surface area contributed by atoms with Crippen molar-refractivity contribution in [3.8, 4) is 0 Å². The molecule has 0 saturated carbocycles. The maximum atomic E-state index is 13.6. The number of nitrogens with one attached hydrogen (secondary N) is 1. The van der Waals surface area contributed by atoms with Crippen LogP contribution in [0.1, 0.15) is 28.1 Å². The quantitative estimate of drug-likeness (QED) is 0.850. The Balaban J connectivity index is 2.15. The van der Waals surface area contributed by atoms with Crippen molar-refractivity contribution in [2.45, 2.75) is 12.8 Å². The fourth-order valence-electron chi connectivity index (χ4n) is 1.63. The summed E-state index contributed by atoms with van der Waals surface area (Å²) in [6.07, 6.45) is -1.03. The van der Waals surface area contributed by atoms with Crippen LogP contribution in [-0.2, 0) is 4.79 Å². The Hall–Kier alpha value is -3.24. The molecule has 0 unspecified atom stereocenters. The van der Waals surface area contributed by atoms with E-state index in [2.05, 4.69) is 10.2 Å². The minimum atomic E-state index is -1.40. The standard InChI is InChI=1S/C13H9F3N4O4/c14-6-1-2-8(7(15)5-6)17-13(24)11-12(16)19-20(18-11)9(21)3-4-10(22)23/h1-2,5H,3-4H2,(H,17,24)(H,22,23). The average molecular weight is 342 g/mol. The molecule has 8 nitrogen and oxygen atoms in total. The van der Waals surface area contributed by atoms with Gasteiger partial charge in [0.05, 0.1) is 12.1 Å². The maximum absolute atomic E-state index is 13.6. The van der Waals surface area contributed by atoms with Crippen LogP contribution in [0.15, 0.2) is 18.2 Å². The number of benzene rings is 1. The van der Waals surface area contributed by atoms with Crippen molar-refractivity contribution in [2.24, 2.45) is 0 Å². The van der Waals surface area contributed by atoms with Crippen molar-refractivity contribution in [1.29, 1.82) is 0 Å². The monoisotopic (exact) mass is 342 g/mol. The van der Waals surface area contributed by atoms with Gasteiger partial charge >= 0.3 is 5.97 Å². The summed E-state index contributed by atoms with van der Waals surface area (Å²) in [5.41, 5.74) is -1.32. The molecule has 0 aliphatic heterocycles. The van der Waals surface area contributed by atoms with Crippen LogP contribution in [0.5, 0.6) is 0 Å². The van der Waals surface area contributed by atoms with E-state index in [9.17, 15) is 27.6 Å². The lowest BCUT2D eigenvalue weighted by Crippen LogP contribution is -2.18. The van der Waals surface area contributed by atoms with Crippen LogP contribution in [0.2, 0.25) is 0 Å². The summed E-state index contributed by atoms with van der Waals surface area (Å²) in [6, 6.07) is 2.31. The first-order valence-corrected chi connectivity index (χ1v) is 6.42. The molecule has 0 spiro atoms. The van der Waals surface area contributed by atoms with Crippen LogP contribution in [0.3, 0.4) is 0 Å². The minimum Gasteiger partial charge on any atom is -0.481 e. The SMILES string of the molecule is O=C(O)CCC(=O)n1nc(F)c(C(=O)Nc2ccc(F)cc2F)n1. The molecular weight excluding hydrogens is 333 g/mol. The normalized spacial score (nSPS) is 10.5. The molecule has 0 radical (unpaired) electrons. The molecule has 24 heavy (non-hydrogen) atoms. The lowest BCUT2D eigenvalue weighted by Gasteiger charge is -2.04. The molecule has 1 aromatic carbocycles. The lowest BCUT2D eigenvalue weighted by molar-refractivity contribution is -0.137. The van der Waals surface area contributed by atoms with Gasteiger partial charge in [-0.25, -0.2) is 8.78 Å². The number of hydrogen-bond acceptors (Lipinski definition) is 5. The zero-order chi connectivity index (χ0) is 17.9. The molecule has 1 aromatic heterocycles. The highest BCUT2D eigenvalue weighted by atomic mass is 19.1. The summed E-state index contributed by atoms with van der Waals surface area (Å²) in [6.45, 7) is 0. The first kappa shape index (κ1) is 17.1. The molecule has 0 saturated heterocycles. The molecule has 2 N–H and O–H groups in total. The van der Waals surface area contributed by atoms with Crippen LogP contribution >= 0.6 is 0 Å². The van der Waals surface area contributed by atoms with Crippen molar-refractivity contribution < 1.29 is 32.7 Å². The molecule has 1 amide bonds. The Kier molecular flexibility index (Phi) is 4.92. The number of carbonyl (C=O) groups excluding carboxylic acids is 2. The van der Waals surface area contributed by atoms with Gasteiger partial charge in [-0.1, -0.05) is 0 Å². The van der Waals surface area contributed by atoms with Gasteiger partial charge < -0.3 is 10.4 Å². The average Bonchev–Trinajstić information content (AvgIpc) is 2.89. The van der Waals surface area contributed by atoms with Crippen molar-refractivity contribution in [1.82, 2.24) is 15.0 Å². The number of rotatable bonds is 5. The number of nitrogens with zero attached hydrogens (tertiary/aromatic N) is 3. The topological polar surface area (TPSA) is 114 Å². The number of hydrogen-bond donors (Lipinski definition) is 2. The second kappa shape index (κ2) is 6.89. The van der Waals surface area contributed by atoms with Crippen LogP contribution in [0.4, 0.5) is 18.9 Å². The molecule has 11 heteroatoms. The number of halogens is 3. The Bertz CT molecular complexity index is 822. The Morgan fingerprint density at radius 2 is 1.83 bits per heavy atom. The van der Waals surface area contributed by atoms with E-state index >= 15 is 0 Å². The van der Waals surface area contributed by atoms with Crippen molar-refractivity contribution in [3.05, 3.63) is 41.5 Å². The largest absolute Gasteiger partial charge is 0.481 e. The smallest absolute Gasteiger partial charge is 0.303 e. The zero-order valence-electron chi connectivity index (χ0n) is 11.8. The van der Waals surface area contributed by atoms with E-state index in [0.717, 1.165) is 12.1 Å². The zero-order valence-corrected chi connectivity index (χ0v) is 11.8. The predicted molar refractivity (Wildman–Crippen MR) is 71.8 cm³/mol. The third kappa shape index (κ3) is 3.94. The number of carboxylic acids is 1. The summed E-state index contributed by atoms with van der Waals surface area (Å²) >= 11 is 0. The summed E-state index contributed by atoms with van der Waals surface area (Å²) in [5.74, 6) is -6.77. The van der Waals surface area contributed by atoms with E-state index in [1.807, 2.05) is 5.32 Å². The summed E-state index contributed by atoms with van der Waals surface area (Å²) in [5, 5.41) is 16.8. The van der Waals surface area contributed by atoms with Gasteiger partial charge in [0.1, 0.15) is 11.6 Å². The van der Waals surface area contributed by atoms with E-state index in [0.29, 0.717) is 6.07 Å². The van der Waals surface area contributed by atoms with Crippen LogP contribution in [0.25, 0.3) is 0 Å². The molecule has 2 rings (SSSR count). The third-order valence-corrected chi connectivity index (χ3v) is 2.74. The van der Waals surface area contributed by atoms with E-state index in [4.69, 9.17) is 5.11 Å². The Morgan fingerprint density at radius 3 is 2.46 bits per heavy atom. The van der Waals surface area contributed by atoms with Crippen molar-refractivity contribution in [3.63, 3.8) is 0 Å². The van der Waals surface area contributed by atoms with Gasteiger partial charge in [0.15, 0.2) is 0 Å². The third-order valence-electron chi connectivity index (χ3n) is 2.74. The molecule has 0 bridgehead atoms. The molecule has 0 aliphatic rings. The minimum absolute atomic E-state index is 0.244. The fraction of sp³-hybridized carbons (Fsp3) is 0.154. The molecule has 0 fully saturated rings. The van der Waals surface area contributed by atoms with E-state index in [1.54, 1.807) is 0 Å². The number of amides is 1. The number of carboxylic acid groups (broad SMARTS) is 1. The van der Waals surface area contributed by atoms with E-state index in [1.165, 1.54) is 0 Å². The van der Waals surface area contributed by atoms with Gasteiger partial charge in [0, 0.05) is 12.5 Å². The highest BCUT2D eigenvalue weighted by Gasteiger charge is 2.22. The van der Waals surface area contributed by atoms with Crippen molar-refractivity contribution >= 4 is 23.5 Å². The van der Waals surface area contributed by atoms with E-state index < -0.39 is 59.6 Å². The maximum Gasteiger partial charge on any atom is 0.303 e. The second-order valence-corrected chi connectivity index (χ2v) is 4.49. The van der Waals surface area contributed by atoms with Crippen LogP contribution in [0, 0.1) is 17.6 Å². The Labute approximate surface area is 131 Å². The van der Waals surface area contributed by atoms with Gasteiger partial charge in [-0.2, -0.15) is 4.39 Å².